The molecule has 4 rings (SSSR count). The number of ketones is 1. The number of nitro groups is 1. The first-order valence-corrected chi connectivity index (χ1v) is 10.2. The SMILES string of the molecule is Cc1ccc(C(=O)CSc2nnc(-c3ccccc3)c3ccccc23)cc1[N+](=O)[O-]. The quantitative estimate of drug-likeness (QED) is 0.179. The zero-order valence-corrected chi connectivity index (χ0v) is 16.9. The van der Waals surface area contributed by atoms with Crippen LogP contribution in [0.1, 0.15) is 15.9 Å². The highest BCUT2D eigenvalue weighted by Gasteiger charge is 2.17. The molecule has 0 N–H and O–H groups in total. The predicted octanol–water partition coefficient (Wildman–Crippen LogP) is 5.49. The first-order chi connectivity index (χ1) is 14.5. The Labute approximate surface area is 177 Å². The molecule has 0 saturated carbocycles. The summed E-state index contributed by atoms with van der Waals surface area (Å²) in [6.07, 6.45) is 0. The molecule has 0 aliphatic rings. The number of thioether (sulfide) groups is 1. The lowest BCUT2D eigenvalue weighted by Crippen LogP contribution is -2.05. The number of aryl methyl sites for hydroxylation is 1. The van der Waals surface area contributed by atoms with E-state index in [1.165, 1.54) is 17.8 Å². The van der Waals surface area contributed by atoms with Gasteiger partial charge in [-0.05, 0) is 6.92 Å². The highest BCUT2D eigenvalue weighted by molar-refractivity contribution is 8.00. The average molecular weight is 415 g/mol. The third kappa shape index (κ3) is 3.92. The lowest BCUT2D eigenvalue weighted by atomic mass is 10.1. The first kappa shape index (κ1) is 19.7. The van der Waals surface area contributed by atoms with Crippen molar-refractivity contribution in [1.29, 1.82) is 0 Å². The lowest BCUT2D eigenvalue weighted by Gasteiger charge is -2.09. The van der Waals surface area contributed by atoms with Gasteiger partial charge in [-0.15, -0.1) is 10.2 Å². The lowest BCUT2D eigenvalue weighted by molar-refractivity contribution is -0.385. The molecule has 0 bridgehead atoms. The van der Waals surface area contributed by atoms with Crippen LogP contribution in [0.15, 0.2) is 77.8 Å². The van der Waals surface area contributed by atoms with E-state index in [9.17, 15) is 14.9 Å². The van der Waals surface area contributed by atoms with Gasteiger partial charge in [0.2, 0.25) is 0 Å². The van der Waals surface area contributed by atoms with E-state index in [1.807, 2.05) is 54.6 Å². The molecule has 0 spiro atoms. The minimum atomic E-state index is -0.472. The predicted molar refractivity (Wildman–Crippen MR) is 118 cm³/mol. The largest absolute Gasteiger partial charge is 0.293 e. The van der Waals surface area contributed by atoms with E-state index in [0.717, 1.165) is 22.0 Å². The third-order valence-corrected chi connectivity index (χ3v) is 5.75. The van der Waals surface area contributed by atoms with E-state index in [1.54, 1.807) is 19.1 Å². The van der Waals surface area contributed by atoms with Crippen LogP contribution in [0.4, 0.5) is 5.69 Å². The molecular weight excluding hydrogens is 398 g/mol. The van der Waals surface area contributed by atoms with E-state index in [4.69, 9.17) is 0 Å². The van der Waals surface area contributed by atoms with Crippen LogP contribution in [0, 0.1) is 17.0 Å². The Morgan fingerprint density at radius 3 is 2.40 bits per heavy atom. The summed E-state index contributed by atoms with van der Waals surface area (Å²) < 4.78 is 0. The highest BCUT2D eigenvalue weighted by Crippen LogP contribution is 2.32. The van der Waals surface area contributed by atoms with Crippen molar-refractivity contribution in [3.05, 3.63) is 94.0 Å². The summed E-state index contributed by atoms with van der Waals surface area (Å²) in [6, 6.07) is 22.2. The van der Waals surface area contributed by atoms with E-state index < -0.39 is 4.92 Å². The van der Waals surface area contributed by atoms with Crippen molar-refractivity contribution in [2.75, 3.05) is 5.75 Å². The molecule has 0 saturated heterocycles. The Kier molecular flexibility index (Phi) is 5.54. The molecule has 0 aliphatic carbocycles. The highest BCUT2D eigenvalue weighted by atomic mass is 32.2. The monoisotopic (exact) mass is 415 g/mol. The molecule has 6 nitrogen and oxygen atoms in total. The topological polar surface area (TPSA) is 86.0 Å². The van der Waals surface area contributed by atoms with Gasteiger partial charge < -0.3 is 0 Å². The van der Waals surface area contributed by atoms with Crippen LogP contribution in [-0.2, 0) is 0 Å². The molecule has 3 aromatic carbocycles. The minimum absolute atomic E-state index is 0.0525. The molecule has 7 heteroatoms. The number of Topliss-reactive ketones (excluding diaryl/α,β-unsaturated/α-hetero) is 1. The normalized spacial score (nSPS) is 10.8. The maximum atomic E-state index is 12.6. The molecule has 0 fully saturated rings. The Bertz CT molecular complexity index is 1260. The minimum Gasteiger partial charge on any atom is -0.293 e. The molecule has 148 valence electrons. The summed E-state index contributed by atoms with van der Waals surface area (Å²) >= 11 is 1.28. The van der Waals surface area contributed by atoms with Gasteiger partial charge in [0, 0.05) is 33.5 Å². The van der Waals surface area contributed by atoms with E-state index in [-0.39, 0.29) is 17.2 Å². The van der Waals surface area contributed by atoms with Crippen molar-refractivity contribution in [1.82, 2.24) is 10.2 Å². The molecular formula is C23H17N3O3S. The molecule has 1 heterocycles. The van der Waals surface area contributed by atoms with Gasteiger partial charge in [-0.25, -0.2) is 0 Å². The third-order valence-electron chi connectivity index (χ3n) is 4.77. The number of carbonyl (C=O) groups is 1. The van der Waals surface area contributed by atoms with Gasteiger partial charge >= 0.3 is 0 Å². The van der Waals surface area contributed by atoms with Crippen LogP contribution < -0.4 is 0 Å². The summed E-state index contributed by atoms with van der Waals surface area (Å²) in [5, 5.41) is 22.4. The van der Waals surface area contributed by atoms with Crippen molar-refractivity contribution in [3.8, 4) is 11.3 Å². The van der Waals surface area contributed by atoms with E-state index >= 15 is 0 Å². The van der Waals surface area contributed by atoms with Crippen LogP contribution >= 0.6 is 11.8 Å². The molecule has 1 aromatic heterocycles. The molecule has 30 heavy (non-hydrogen) atoms. The van der Waals surface area contributed by atoms with Crippen LogP contribution in [0.25, 0.3) is 22.0 Å². The second-order valence-electron chi connectivity index (χ2n) is 6.74. The standard InChI is InChI=1S/C23H17N3O3S/c1-15-11-12-17(13-20(15)26(28)29)21(27)14-30-23-19-10-6-5-9-18(19)22(24-25-23)16-7-3-2-4-8-16/h2-13H,14H2,1H3. The molecule has 0 amide bonds. The van der Waals surface area contributed by atoms with E-state index in [0.29, 0.717) is 16.2 Å². The second kappa shape index (κ2) is 8.42. The van der Waals surface area contributed by atoms with Gasteiger partial charge in [-0.2, -0.15) is 0 Å². The van der Waals surface area contributed by atoms with Crippen LogP contribution in [0.3, 0.4) is 0 Å². The zero-order chi connectivity index (χ0) is 21.1. The fourth-order valence-corrected chi connectivity index (χ4v) is 4.06. The van der Waals surface area contributed by atoms with Crippen molar-refractivity contribution >= 4 is 34.0 Å². The van der Waals surface area contributed by atoms with Gasteiger partial charge in [0.25, 0.3) is 5.69 Å². The van der Waals surface area contributed by atoms with Gasteiger partial charge in [0.05, 0.1) is 10.7 Å². The van der Waals surface area contributed by atoms with Crippen molar-refractivity contribution in [3.63, 3.8) is 0 Å². The fraction of sp³-hybridized carbons (Fsp3) is 0.0870. The summed E-state index contributed by atoms with van der Waals surface area (Å²) in [6.45, 7) is 1.65. The van der Waals surface area contributed by atoms with Gasteiger partial charge in [0.15, 0.2) is 5.78 Å². The number of benzene rings is 3. The number of nitro benzene ring substituents is 1. The second-order valence-corrected chi connectivity index (χ2v) is 7.70. The Hall–Kier alpha value is -3.58. The Morgan fingerprint density at radius 2 is 1.67 bits per heavy atom. The molecule has 0 radical (unpaired) electrons. The van der Waals surface area contributed by atoms with Crippen molar-refractivity contribution < 1.29 is 9.72 Å². The number of nitrogens with zero attached hydrogens (tertiary/aromatic N) is 3. The van der Waals surface area contributed by atoms with Gasteiger partial charge in [-0.1, -0.05) is 78.5 Å². The zero-order valence-electron chi connectivity index (χ0n) is 16.1. The maximum Gasteiger partial charge on any atom is 0.273 e. The number of hydrogen-bond acceptors (Lipinski definition) is 6. The summed E-state index contributed by atoms with van der Waals surface area (Å²) in [5.41, 5.74) is 2.55. The molecule has 0 unspecified atom stereocenters. The van der Waals surface area contributed by atoms with Crippen LogP contribution in [0.2, 0.25) is 0 Å². The molecule has 0 atom stereocenters. The fourth-order valence-electron chi connectivity index (χ4n) is 3.19. The van der Waals surface area contributed by atoms with E-state index in [2.05, 4.69) is 10.2 Å². The maximum absolute atomic E-state index is 12.6. The number of carbonyl (C=O) groups excluding carboxylic acids is 1. The molecule has 0 aliphatic heterocycles. The summed E-state index contributed by atoms with van der Waals surface area (Å²) in [4.78, 5) is 23.3. The Balaban J connectivity index is 1.62. The summed E-state index contributed by atoms with van der Waals surface area (Å²) in [5.74, 6) is -0.0788. The number of rotatable bonds is 6. The van der Waals surface area contributed by atoms with Crippen LogP contribution in [0.5, 0.6) is 0 Å². The van der Waals surface area contributed by atoms with Gasteiger partial charge in [-0.3, -0.25) is 14.9 Å². The first-order valence-electron chi connectivity index (χ1n) is 9.26. The Morgan fingerprint density at radius 1 is 0.967 bits per heavy atom. The van der Waals surface area contributed by atoms with Gasteiger partial charge in [0.1, 0.15) is 10.7 Å². The molecule has 4 aromatic rings. The summed E-state index contributed by atoms with van der Waals surface area (Å²) in [7, 11) is 0. The average Bonchev–Trinajstić information content (AvgIpc) is 2.78. The van der Waals surface area contributed by atoms with Crippen LogP contribution in [-0.4, -0.2) is 26.7 Å². The smallest absolute Gasteiger partial charge is 0.273 e. The van der Waals surface area contributed by atoms with Crippen molar-refractivity contribution in [2.24, 2.45) is 0 Å². The number of fused-ring (bicyclic) bond motifs is 1. The number of aromatic nitrogens is 2. The number of hydrogen-bond donors (Lipinski definition) is 0. The van der Waals surface area contributed by atoms with Crippen molar-refractivity contribution in [2.45, 2.75) is 11.9 Å².